The number of hydrogen-bond acceptors (Lipinski definition) is 5. The molecule has 0 unspecified atom stereocenters. The van der Waals surface area contributed by atoms with Crippen molar-refractivity contribution in [3.05, 3.63) is 89.0 Å². The number of anilines is 1. The van der Waals surface area contributed by atoms with Crippen LogP contribution in [0.2, 0.25) is 0 Å². The monoisotopic (exact) mass is 520 g/mol. The van der Waals surface area contributed by atoms with Crippen LogP contribution in [0.25, 0.3) is 0 Å². The Morgan fingerprint density at radius 2 is 1.92 bits per heavy atom. The lowest BCUT2D eigenvalue weighted by Crippen LogP contribution is -2.65. The van der Waals surface area contributed by atoms with Gasteiger partial charge in [0, 0.05) is 24.1 Å². The fraction of sp³-hybridized carbons (Fsp3) is 0.259. The Balaban J connectivity index is 1.29. The molecule has 2 aliphatic rings. The van der Waals surface area contributed by atoms with Gasteiger partial charge in [-0.1, -0.05) is 35.9 Å². The van der Waals surface area contributed by atoms with E-state index in [4.69, 9.17) is 9.88 Å². The molecule has 3 aromatic carbocycles. The van der Waals surface area contributed by atoms with Gasteiger partial charge in [0.1, 0.15) is 5.75 Å². The molecule has 10 heteroatoms. The summed E-state index contributed by atoms with van der Waals surface area (Å²) in [6, 6.07) is 18.6. The molecule has 0 radical (unpaired) electrons. The molecule has 37 heavy (non-hydrogen) atoms. The van der Waals surface area contributed by atoms with Crippen molar-refractivity contribution in [1.29, 1.82) is 0 Å². The highest BCUT2D eigenvalue weighted by Crippen LogP contribution is 2.45. The number of nitrogens with two attached hydrogens (primary N) is 1. The molecule has 1 saturated heterocycles. The average Bonchev–Trinajstić information content (AvgIpc) is 2.84. The molecule has 2 bridgehead atoms. The molecule has 0 saturated carbocycles. The number of sulfonamides is 1. The maximum absolute atomic E-state index is 13.2. The molecule has 5 rings (SSSR count). The van der Waals surface area contributed by atoms with Crippen LogP contribution in [0, 0.1) is 6.92 Å². The third-order valence-electron chi connectivity index (χ3n) is 6.74. The maximum atomic E-state index is 13.2. The lowest BCUT2D eigenvalue weighted by atomic mass is 9.89. The summed E-state index contributed by atoms with van der Waals surface area (Å²) in [5.41, 5.74) is 2.99. The third kappa shape index (κ3) is 4.90. The highest BCUT2D eigenvalue weighted by molar-refractivity contribution is 7.89. The predicted octanol–water partition coefficient (Wildman–Crippen LogP) is 3.38. The van der Waals surface area contributed by atoms with Crippen molar-refractivity contribution in [2.45, 2.75) is 43.4 Å². The predicted molar refractivity (Wildman–Crippen MR) is 139 cm³/mol. The van der Waals surface area contributed by atoms with E-state index in [1.807, 2.05) is 32.0 Å². The molecular formula is C27H28N4O5S. The second-order valence-corrected chi connectivity index (χ2v) is 11.2. The van der Waals surface area contributed by atoms with Gasteiger partial charge in [-0.05, 0) is 62.2 Å². The van der Waals surface area contributed by atoms with Crippen molar-refractivity contribution in [3.8, 4) is 5.75 Å². The van der Waals surface area contributed by atoms with Gasteiger partial charge in [-0.3, -0.25) is 9.69 Å². The van der Waals surface area contributed by atoms with Crippen LogP contribution in [0.1, 0.15) is 46.4 Å². The van der Waals surface area contributed by atoms with Gasteiger partial charge < -0.3 is 15.4 Å². The Kier molecular flexibility index (Phi) is 6.17. The number of carbonyl (C=O) groups excluding carboxylic acids is 2. The number of nitrogens with zero attached hydrogens (tertiary/aromatic N) is 1. The highest BCUT2D eigenvalue weighted by Gasteiger charge is 2.49. The number of amides is 3. The summed E-state index contributed by atoms with van der Waals surface area (Å²) in [7, 11) is -3.74. The molecule has 0 aliphatic carbocycles. The molecular weight excluding hydrogens is 492 g/mol. The lowest BCUT2D eigenvalue weighted by Gasteiger charge is -2.50. The molecule has 2 aliphatic heterocycles. The van der Waals surface area contributed by atoms with E-state index in [1.165, 1.54) is 12.1 Å². The molecule has 0 aromatic heterocycles. The van der Waals surface area contributed by atoms with Gasteiger partial charge in [-0.15, -0.1) is 0 Å². The summed E-state index contributed by atoms with van der Waals surface area (Å²) in [6.07, 6.45) is 1.08. The zero-order chi connectivity index (χ0) is 26.4. The lowest BCUT2D eigenvalue weighted by molar-refractivity contribution is 0.0378. The zero-order valence-corrected chi connectivity index (χ0v) is 21.3. The number of fused-ring (bicyclic) bond motifs is 4. The van der Waals surface area contributed by atoms with Crippen LogP contribution in [0.15, 0.2) is 71.6 Å². The summed E-state index contributed by atoms with van der Waals surface area (Å²) in [6.45, 7) is 4.24. The molecule has 3 aromatic rings. The minimum atomic E-state index is -3.74. The summed E-state index contributed by atoms with van der Waals surface area (Å²) >= 11 is 0. The zero-order valence-electron chi connectivity index (χ0n) is 20.5. The van der Waals surface area contributed by atoms with Crippen LogP contribution < -0.4 is 25.4 Å². The van der Waals surface area contributed by atoms with Gasteiger partial charge in [0.05, 0.1) is 16.6 Å². The Labute approximate surface area is 215 Å². The summed E-state index contributed by atoms with van der Waals surface area (Å²) in [5, 5.41) is 11.1. The first-order chi connectivity index (χ1) is 17.5. The average molecular weight is 521 g/mol. The summed E-state index contributed by atoms with van der Waals surface area (Å²) < 4.78 is 29.1. The Hall–Kier alpha value is -3.89. The number of ether oxygens (including phenoxy) is 1. The minimum Gasteiger partial charge on any atom is -0.467 e. The van der Waals surface area contributed by atoms with Crippen molar-refractivity contribution in [1.82, 2.24) is 10.6 Å². The second-order valence-electron chi connectivity index (χ2n) is 9.61. The molecule has 2 heterocycles. The van der Waals surface area contributed by atoms with E-state index in [2.05, 4.69) is 10.6 Å². The maximum Gasteiger partial charge on any atom is 0.325 e. The Morgan fingerprint density at radius 3 is 2.65 bits per heavy atom. The van der Waals surface area contributed by atoms with Crippen molar-refractivity contribution >= 4 is 27.6 Å². The molecule has 3 amide bonds. The van der Waals surface area contributed by atoms with Gasteiger partial charge in [0.15, 0.2) is 5.72 Å². The van der Waals surface area contributed by atoms with Crippen molar-refractivity contribution < 1.29 is 22.7 Å². The Morgan fingerprint density at radius 1 is 1.16 bits per heavy atom. The van der Waals surface area contributed by atoms with E-state index < -0.39 is 15.7 Å². The van der Waals surface area contributed by atoms with Crippen LogP contribution >= 0.6 is 0 Å². The van der Waals surface area contributed by atoms with Crippen LogP contribution in [-0.4, -0.2) is 32.6 Å². The number of nitrogens with one attached hydrogen (secondary N) is 2. The second kappa shape index (κ2) is 9.20. The van der Waals surface area contributed by atoms with E-state index in [1.54, 1.807) is 41.3 Å². The molecule has 9 nitrogen and oxygen atoms in total. The van der Waals surface area contributed by atoms with Crippen LogP contribution in [-0.2, 0) is 16.4 Å². The molecule has 2 atom stereocenters. The van der Waals surface area contributed by atoms with Gasteiger partial charge in [-0.2, -0.15) is 0 Å². The molecule has 0 spiro atoms. The summed E-state index contributed by atoms with van der Waals surface area (Å²) in [5.74, 6) is 0.453. The van der Waals surface area contributed by atoms with Crippen molar-refractivity contribution in [2.24, 2.45) is 5.14 Å². The number of benzene rings is 3. The quantitative estimate of drug-likeness (QED) is 0.459. The topological polar surface area (TPSA) is 131 Å². The molecule has 192 valence electrons. The number of aryl methyl sites for hydroxylation is 1. The molecule has 4 N–H and O–H groups in total. The standard InChI is InChI=1S/C27H28N4O5S/c1-17-6-11-24-22(14-17)23-16-27(2,36-24)31(26(33)30-23)20-5-3-4-19(15-20)25(32)29-13-12-18-7-9-21(10-8-18)37(28,34)35/h3-11,14-15,23H,12-13,16H2,1-2H3,(H,29,32)(H,30,33)(H2,28,34,35)/t23-,27-/m1/s1. The number of urea groups is 1. The van der Waals surface area contributed by atoms with Crippen LogP contribution in [0.5, 0.6) is 5.75 Å². The third-order valence-corrected chi connectivity index (χ3v) is 7.67. The van der Waals surface area contributed by atoms with Gasteiger partial charge in [-0.25, -0.2) is 18.4 Å². The van der Waals surface area contributed by atoms with Crippen molar-refractivity contribution in [2.75, 3.05) is 11.4 Å². The van der Waals surface area contributed by atoms with Crippen molar-refractivity contribution in [3.63, 3.8) is 0 Å². The first-order valence-corrected chi connectivity index (χ1v) is 13.5. The van der Waals surface area contributed by atoms with E-state index in [0.29, 0.717) is 30.6 Å². The minimum absolute atomic E-state index is 0.0411. The number of rotatable bonds is 6. The fourth-order valence-corrected chi connectivity index (χ4v) is 5.45. The first-order valence-electron chi connectivity index (χ1n) is 11.9. The Bertz CT molecular complexity index is 1490. The van der Waals surface area contributed by atoms with Gasteiger partial charge in [0.25, 0.3) is 5.91 Å². The van der Waals surface area contributed by atoms with Gasteiger partial charge >= 0.3 is 6.03 Å². The first kappa shape index (κ1) is 24.8. The van der Waals surface area contributed by atoms with Crippen LogP contribution in [0.3, 0.4) is 0 Å². The smallest absolute Gasteiger partial charge is 0.325 e. The van der Waals surface area contributed by atoms with E-state index in [0.717, 1.165) is 22.4 Å². The number of hydrogen-bond donors (Lipinski definition) is 3. The largest absolute Gasteiger partial charge is 0.467 e. The number of carbonyl (C=O) groups is 2. The van der Waals surface area contributed by atoms with E-state index in [9.17, 15) is 18.0 Å². The normalized spacial score (nSPS) is 20.5. The van der Waals surface area contributed by atoms with E-state index >= 15 is 0 Å². The molecule has 1 fully saturated rings. The van der Waals surface area contributed by atoms with Gasteiger partial charge in [0.2, 0.25) is 10.0 Å². The van der Waals surface area contributed by atoms with Crippen LogP contribution in [0.4, 0.5) is 10.5 Å². The fourth-order valence-electron chi connectivity index (χ4n) is 4.94. The highest BCUT2D eigenvalue weighted by atomic mass is 32.2. The van der Waals surface area contributed by atoms with E-state index in [-0.39, 0.29) is 22.9 Å². The SMILES string of the molecule is Cc1ccc2c(c1)[C@H]1C[C@@](C)(O2)N(c2cccc(C(=O)NCCc3ccc(S(N)(=O)=O)cc3)c2)C(=O)N1. The summed E-state index contributed by atoms with van der Waals surface area (Å²) in [4.78, 5) is 27.7. The number of primary sulfonamides is 1.